The van der Waals surface area contributed by atoms with E-state index >= 15 is 0 Å². The molecule has 0 unspecified atom stereocenters. The topological polar surface area (TPSA) is 105 Å². The third-order valence-electron chi connectivity index (χ3n) is 6.59. The second kappa shape index (κ2) is 11.9. The Kier molecular flexibility index (Phi) is 8.61. The van der Waals surface area contributed by atoms with Crippen LogP contribution in [0.1, 0.15) is 69.8 Å². The number of amides is 1. The zero-order chi connectivity index (χ0) is 27.4. The Bertz CT molecular complexity index is 1310. The van der Waals surface area contributed by atoms with Crippen molar-refractivity contribution in [2.75, 3.05) is 13.4 Å². The summed E-state index contributed by atoms with van der Waals surface area (Å²) in [4.78, 5) is 39.5. The largest absolute Gasteiger partial charge is 0.480 e. The van der Waals surface area contributed by atoms with Crippen LogP contribution < -0.4 is 10.1 Å². The summed E-state index contributed by atoms with van der Waals surface area (Å²) in [5.74, 6) is 1.26. The molecule has 3 heterocycles. The zero-order valence-corrected chi connectivity index (χ0v) is 23.7. The van der Waals surface area contributed by atoms with Gasteiger partial charge < -0.3 is 10.1 Å². The van der Waals surface area contributed by atoms with Crippen molar-refractivity contribution in [3.8, 4) is 5.88 Å². The summed E-state index contributed by atoms with van der Waals surface area (Å²) in [7, 11) is 1.58. The monoisotopic (exact) mass is 533 g/mol. The van der Waals surface area contributed by atoms with Gasteiger partial charge in [-0.25, -0.2) is 20.0 Å². The van der Waals surface area contributed by atoms with E-state index in [2.05, 4.69) is 26.8 Å². The number of amidine groups is 2. The van der Waals surface area contributed by atoms with Crippen LogP contribution in [0.15, 0.2) is 57.4 Å². The number of nitrogens with zero attached hydrogens (tertiary/aromatic N) is 6. The summed E-state index contributed by atoms with van der Waals surface area (Å²) in [6.45, 7) is 12.6. The van der Waals surface area contributed by atoms with Crippen LogP contribution in [-0.2, 0) is 11.3 Å². The van der Waals surface area contributed by atoms with Gasteiger partial charge in [0, 0.05) is 23.1 Å². The van der Waals surface area contributed by atoms with Gasteiger partial charge in [0.2, 0.25) is 5.88 Å². The molecule has 2 aromatic rings. The number of rotatable bonds is 9. The Labute approximate surface area is 228 Å². The van der Waals surface area contributed by atoms with Crippen molar-refractivity contribution in [3.63, 3.8) is 0 Å². The molecular weight excluding hydrogens is 498 g/mol. The normalized spacial score (nSPS) is 17.4. The lowest BCUT2D eigenvalue weighted by Gasteiger charge is -2.34. The molecule has 9 nitrogen and oxygen atoms in total. The molecule has 1 atom stereocenters. The van der Waals surface area contributed by atoms with Crippen LogP contribution in [0.25, 0.3) is 5.70 Å². The first-order valence-corrected chi connectivity index (χ1v) is 14.0. The minimum absolute atomic E-state index is 0.119. The number of hydrogen-bond acceptors (Lipinski definition) is 9. The van der Waals surface area contributed by atoms with Crippen LogP contribution in [-0.4, -0.2) is 56.8 Å². The molecule has 0 saturated heterocycles. The number of allylic oxidation sites excluding steroid dienone is 1. The minimum atomic E-state index is -0.240. The van der Waals surface area contributed by atoms with Gasteiger partial charge in [-0.1, -0.05) is 13.5 Å². The van der Waals surface area contributed by atoms with Crippen LogP contribution in [0.4, 0.5) is 0 Å². The number of carbonyl (C=O) groups is 1. The fourth-order valence-corrected chi connectivity index (χ4v) is 4.51. The predicted octanol–water partition coefficient (Wildman–Crippen LogP) is 4.97. The van der Waals surface area contributed by atoms with E-state index in [1.807, 2.05) is 52.3 Å². The molecule has 38 heavy (non-hydrogen) atoms. The van der Waals surface area contributed by atoms with Crippen molar-refractivity contribution < 1.29 is 9.53 Å². The van der Waals surface area contributed by atoms with Crippen molar-refractivity contribution in [2.45, 2.75) is 70.4 Å². The molecule has 1 aliphatic heterocycles. The quantitative estimate of drug-likeness (QED) is 0.454. The lowest BCUT2D eigenvalue weighted by Crippen LogP contribution is -2.53. The van der Waals surface area contributed by atoms with Crippen LogP contribution in [0.5, 0.6) is 5.88 Å². The lowest BCUT2D eigenvalue weighted by molar-refractivity contribution is -0.122. The molecule has 200 valence electrons. The highest BCUT2D eigenvalue weighted by Gasteiger charge is 2.36. The van der Waals surface area contributed by atoms with Gasteiger partial charge in [-0.3, -0.25) is 14.7 Å². The average molecular weight is 534 g/mol. The van der Waals surface area contributed by atoms with E-state index in [1.54, 1.807) is 23.8 Å². The minimum Gasteiger partial charge on any atom is -0.480 e. The zero-order valence-electron chi connectivity index (χ0n) is 22.9. The van der Waals surface area contributed by atoms with E-state index in [-0.39, 0.29) is 17.8 Å². The molecule has 2 aromatic heterocycles. The first-order valence-electron chi connectivity index (χ1n) is 12.8. The van der Waals surface area contributed by atoms with E-state index in [0.29, 0.717) is 41.1 Å². The van der Waals surface area contributed by atoms with Crippen molar-refractivity contribution in [1.29, 1.82) is 0 Å². The highest BCUT2D eigenvalue weighted by atomic mass is 32.2. The fourth-order valence-electron chi connectivity index (χ4n) is 4.15. The molecule has 0 bridgehead atoms. The number of aliphatic imine (C=N–C) groups is 2. The summed E-state index contributed by atoms with van der Waals surface area (Å²) in [5, 5.41) is 3.21. The van der Waals surface area contributed by atoms with Gasteiger partial charge >= 0.3 is 0 Å². The maximum atomic E-state index is 13.8. The standard InChI is InChI=1S/C28H35N7O2S/c1-8-17(4)35-26(33-18(5)22-24(19-9-10-19)31-15-32-27(22)37-6)23(16(2)3)34-25(28(35)36)30-13-20-11-12-21(38-7)14-29-20/h11-12,14-15,17,19H,5,8-10,13H2,1-4,6-7H3,(H,30,34)/b33-26+/t17-/m1/s1. The lowest BCUT2D eigenvalue weighted by atomic mass is 10.1. The molecule has 4 rings (SSSR count). The highest BCUT2D eigenvalue weighted by molar-refractivity contribution is 7.98. The van der Waals surface area contributed by atoms with Gasteiger partial charge in [-0.05, 0) is 64.0 Å². The molecular formula is C28H35N7O2S. The van der Waals surface area contributed by atoms with Crippen molar-refractivity contribution in [1.82, 2.24) is 25.2 Å². The second-order valence-corrected chi connectivity index (χ2v) is 10.5. The van der Waals surface area contributed by atoms with E-state index in [4.69, 9.17) is 14.7 Å². The summed E-state index contributed by atoms with van der Waals surface area (Å²) < 4.78 is 5.55. The second-order valence-electron chi connectivity index (χ2n) is 9.58. The van der Waals surface area contributed by atoms with E-state index in [1.165, 1.54) is 6.33 Å². The fraction of sp³-hybridized carbons (Fsp3) is 0.429. The number of methoxy groups -OCH3 is 1. The summed E-state index contributed by atoms with van der Waals surface area (Å²) >= 11 is 1.64. The Balaban J connectivity index is 1.73. The van der Waals surface area contributed by atoms with Crippen LogP contribution >= 0.6 is 11.8 Å². The van der Waals surface area contributed by atoms with Crippen molar-refractivity contribution in [2.24, 2.45) is 9.98 Å². The maximum Gasteiger partial charge on any atom is 0.295 e. The average Bonchev–Trinajstić information content (AvgIpc) is 3.77. The van der Waals surface area contributed by atoms with Crippen molar-refractivity contribution in [3.05, 3.63) is 59.5 Å². The molecule has 1 N–H and O–H groups in total. The number of pyridine rings is 1. The predicted molar refractivity (Wildman–Crippen MR) is 152 cm³/mol. The molecule has 2 aliphatic rings. The summed E-state index contributed by atoms with van der Waals surface area (Å²) in [6, 6.07) is 3.84. The first kappa shape index (κ1) is 27.5. The number of aromatic nitrogens is 3. The molecule has 1 saturated carbocycles. The molecule has 1 aliphatic carbocycles. The Morgan fingerprint density at radius 2 is 2.05 bits per heavy atom. The number of nitrogens with one attached hydrogen (secondary N) is 1. The van der Waals surface area contributed by atoms with E-state index in [9.17, 15) is 4.79 Å². The van der Waals surface area contributed by atoms with Crippen LogP contribution in [0.3, 0.4) is 0 Å². The SMILES string of the molecule is C=C(/N=C1\C(=C(C)C)N=C(NCc2ccc(SC)cn2)C(=O)N1[C@H](C)CC)c1c(OC)ncnc1C1CC1. The van der Waals surface area contributed by atoms with Gasteiger partial charge in [-0.2, -0.15) is 0 Å². The maximum absolute atomic E-state index is 13.8. The van der Waals surface area contributed by atoms with Gasteiger partial charge in [0.1, 0.15) is 12.0 Å². The smallest absolute Gasteiger partial charge is 0.295 e. The summed E-state index contributed by atoms with van der Waals surface area (Å²) in [6.07, 6.45) is 8.20. The Morgan fingerprint density at radius 3 is 2.63 bits per heavy atom. The molecule has 0 aromatic carbocycles. The van der Waals surface area contributed by atoms with E-state index < -0.39 is 0 Å². The number of ether oxygens (including phenoxy) is 1. The number of hydrogen-bond donors (Lipinski definition) is 1. The van der Waals surface area contributed by atoms with Gasteiger partial charge in [0.25, 0.3) is 5.91 Å². The number of carbonyl (C=O) groups excluding carboxylic acids is 1. The third-order valence-corrected chi connectivity index (χ3v) is 7.30. The van der Waals surface area contributed by atoms with Gasteiger partial charge in [0.05, 0.1) is 36.3 Å². The van der Waals surface area contributed by atoms with Crippen LogP contribution in [0, 0.1) is 0 Å². The Hall–Kier alpha value is -3.53. The number of thioether (sulfide) groups is 1. The molecule has 1 amide bonds. The van der Waals surface area contributed by atoms with Gasteiger partial charge in [-0.15, -0.1) is 11.8 Å². The molecule has 1 fully saturated rings. The molecule has 0 spiro atoms. The first-order chi connectivity index (χ1) is 18.3. The van der Waals surface area contributed by atoms with Crippen LogP contribution in [0.2, 0.25) is 0 Å². The van der Waals surface area contributed by atoms with Gasteiger partial charge in [0.15, 0.2) is 11.7 Å². The summed E-state index contributed by atoms with van der Waals surface area (Å²) in [5.41, 5.74) is 4.39. The molecule has 10 heteroatoms. The highest BCUT2D eigenvalue weighted by Crippen LogP contribution is 2.44. The van der Waals surface area contributed by atoms with Crippen molar-refractivity contribution >= 4 is 35.0 Å². The third kappa shape index (κ3) is 5.80. The molecule has 0 radical (unpaired) electrons. The Morgan fingerprint density at radius 1 is 1.29 bits per heavy atom. The van der Waals surface area contributed by atoms with E-state index in [0.717, 1.165) is 41.1 Å².